The van der Waals surface area contributed by atoms with Crippen molar-refractivity contribution in [3.8, 4) is 0 Å². The molecule has 3 heteroatoms. The first-order valence-corrected chi connectivity index (χ1v) is 6.11. The minimum atomic E-state index is 0.180. The molecule has 0 aliphatic heterocycles. The third-order valence-electron chi connectivity index (χ3n) is 2.93. The van der Waals surface area contributed by atoms with Gasteiger partial charge in [-0.25, -0.2) is 0 Å². The van der Waals surface area contributed by atoms with Gasteiger partial charge in [0.1, 0.15) is 0 Å². The third kappa shape index (κ3) is 5.00. The van der Waals surface area contributed by atoms with E-state index in [0.29, 0.717) is 13.0 Å². The Labute approximate surface area is 104 Å². The molecular formula is C14H22N2O. The van der Waals surface area contributed by atoms with E-state index < -0.39 is 0 Å². The fraction of sp³-hybridized carbons (Fsp3) is 0.500. The van der Waals surface area contributed by atoms with Crippen LogP contribution in [0.25, 0.3) is 0 Å². The number of hydrogen-bond acceptors (Lipinski definition) is 2. The Hall–Kier alpha value is -1.35. The van der Waals surface area contributed by atoms with Crippen molar-refractivity contribution in [1.82, 2.24) is 4.90 Å². The number of carbonyl (C=O) groups excluding carboxylic acids is 1. The van der Waals surface area contributed by atoms with Crippen LogP contribution in [0.3, 0.4) is 0 Å². The molecule has 0 heterocycles. The van der Waals surface area contributed by atoms with Crippen LogP contribution in [0.4, 0.5) is 0 Å². The van der Waals surface area contributed by atoms with Crippen molar-refractivity contribution in [3.63, 3.8) is 0 Å². The monoisotopic (exact) mass is 234 g/mol. The first-order valence-electron chi connectivity index (χ1n) is 6.11. The van der Waals surface area contributed by atoms with Crippen molar-refractivity contribution in [2.45, 2.75) is 19.8 Å². The molecule has 0 spiro atoms. The number of hydrogen-bond donors (Lipinski definition) is 1. The molecule has 94 valence electrons. The lowest BCUT2D eigenvalue weighted by Crippen LogP contribution is -2.31. The van der Waals surface area contributed by atoms with Crippen molar-refractivity contribution in [2.24, 2.45) is 11.7 Å². The van der Waals surface area contributed by atoms with E-state index >= 15 is 0 Å². The Morgan fingerprint density at radius 3 is 2.59 bits per heavy atom. The molecular weight excluding hydrogens is 212 g/mol. The van der Waals surface area contributed by atoms with Gasteiger partial charge in [0.05, 0.1) is 0 Å². The molecule has 1 aromatic rings. The molecule has 0 saturated heterocycles. The van der Waals surface area contributed by atoms with Gasteiger partial charge >= 0.3 is 0 Å². The van der Waals surface area contributed by atoms with Crippen LogP contribution in [0.15, 0.2) is 30.3 Å². The fourth-order valence-corrected chi connectivity index (χ4v) is 1.60. The van der Waals surface area contributed by atoms with Gasteiger partial charge in [-0.1, -0.05) is 37.3 Å². The molecule has 3 nitrogen and oxygen atoms in total. The van der Waals surface area contributed by atoms with Crippen molar-refractivity contribution in [2.75, 3.05) is 20.1 Å². The zero-order chi connectivity index (χ0) is 12.7. The number of likely N-dealkylation sites (N-methyl/N-ethyl adjacent to an activating group) is 1. The highest BCUT2D eigenvalue weighted by Gasteiger charge is 2.11. The van der Waals surface area contributed by atoms with Crippen LogP contribution in [0.5, 0.6) is 0 Å². The van der Waals surface area contributed by atoms with Crippen LogP contribution in [0, 0.1) is 5.92 Å². The molecule has 1 aromatic carbocycles. The van der Waals surface area contributed by atoms with Crippen molar-refractivity contribution in [1.29, 1.82) is 0 Å². The summed E-state index contributed by atoms with van der Waals surface area (Å²) in [5.41, 5.74) is 6.78. The summed E-state index contributed by atoms with van der Waals surface area (Å²) in [6, 6.07) is 10.2. The highest BCUT2D eigenvalue weighted by molar-refractivity contribution is 5.76. The van der Waals surface area contributed by atoms with Gasteiger partial charge in [-0.15, -0.1) is 0 Å². The molecule has 1 atom stereocenters. The highest BCUT2D eigenvalue weighted by Crippen LogP contribution is 2.05. The zero-order valence-corrected chi connectivity index (χ0v) is 10.7. The van der Waals surface area contributed by atoms with Crippen LogP contribution in [0.2, 0.25) is 0 Å². The number of nitrogens with zero attached hydrogens (tertiary/aromatic N) is 1. The second-order valence-electron chi connectivity index (χ2n) is 4.60. The maximum atomic E-state index is 11.8. The summed E-state index contributed by atoms with van der Waals surface area (Å²) < 4.78 is 0. The molecule has 1 rings (SSSR count). The normalized spacial score (nSPS) is 12.2. The van der Waals surface area contributed by atoms with E-state index in [1.54, 1.807) is 4.90 Å². The second kappa shape index (κ2) is 7.07. The van der Waals surface area contributed by atoms with E-state index in [9.17, 15) is 4.79 Å². The molecule has 1 amide bonds. The Bertz CT molecular complexity index is 337. The minimum Gasteiger partial charge on any atom is -0.345 e. The number of rotatable bonds is 6. The van der Waals surface area contributed by atoms with Gasteiger partial charge in [0.15, 0.2) is 0 Å². The topological polar surface area (TPSA) is 46.3 Å². The summed E-state index contributed by atoms with van der Waals surface area (Å²) in [6.07, 6.45) is 1.45. The Balaban J connectivity index is 2.34. The molecule has 0 radical (unpaired) electrons. The molecule has 0 bridgehead atoms. The van der Waals surface area contributed by atoms with Crippen LogP contribution < -0.4 is 5.73 Å². The number of carbonyl (C=O) groups is 1. The lowest BCUT2D eigenvalue weighted by Gasteiger charge is -2.19. The number of benzene rings is 1. The van der Waals surface area contributed by atoms with E-state index in [4.69, 9.17) is 5.73 Å². The Morgan fingerprint density at radius 2 is 2.00 bits per heavy atom. The summed E-state index contributed by atoms with van der Waals surface area (Å²) in [5.74, 6) is 0.445. The quantitative estimate of drug-likeness (QED) is 0.814. The lowest BCUT2D eigenvalue weighted by molar-refractivity contribution is -0.130. The predicted molar refractivity (Wildman–Crippen MR) is 70.6 cm³/mol. The molecule has 1 unspecified atom stereocenters. The summed E-state index contributed by atoms with van der Waals surface area (Å²) in [4.78, 5) is 13.6. The lowest BCUT2D eigenvalue weighted by atomic mass is 10.1. The van der Waals surface area contributed by atoms with Crippen molar-refractivity contribution in [3.05, 3.63) is 35.9 Å². The van der Waals surface area contributed by atoms with Crippen LogP contribution >= 0.6 is 0 Å². The van der Waals surface area contributed by atoms with Crippen LogP contribution in [-0.2, 0) is 11.2 Å². The molecule has 0 aromatic heterocycles. The SMILES string of the molecule is CC(CN)CC(=O)N(C)CCc1ccccc1. The van der Waals surface area contributed by atoms with E-state index in [1.807, 2.05) is 32.2 Å². The first-order chi connectivity index (χ1) is 8.13. The smallest absolute Gasteiger partial charge is 0.222 e. The molecule has 0 aliphatic carbocycles. The summed E-state index contributed by atoms with van der Waals surface area (Å²) in [6.45, 7) is 3.33. The standard InChI is InChI=1S/C14H22N2O/c1-12(11-15)10-14(17)16(2)9-8-13-6-4-3-5-7-13/h3-7,12H,8-11,15H2,1-2H3. The molecule has 17 heavy (non-hydrogen) atoms. The van der Waals surface area contributed by atoms with E-state index in [0.717, 1.165) is 13.0 Å². The van der Waals surface area contributed by atoms with Gasteiger partial charge in [0.25, 0.3) is 0 Å². The van der Waals surface area contributed by atoms with Gasteiger partial charge in [-0.2, -0.15) is 0 Å². The number of amides is 1. The number of nitrogens with two attached hydrogens (primary N) is 1. The average Bonchev–Trinajstić information content (AvgIpc) is 2.36. The molecule has 2 N–H and O–H groups in total. The van der Waals surface area contributed by atoms with E-state index in [1.165, 1.54) is 5.56 Å². The summed E-state index contributed by atoms with van der Waals surface area (Å²) in [7, 11) is 1.86. The average molecular weight is 234 g/mol. The maximum absolute atomic E-state index is 11.8. The largest absolute Gasteiger partial charge is 0.345 e. The van der Waals surface area contributed by atoms with Crippen molar-refractivity contribution < 1.29 is 4.79 Å². The van der Waals surface area contributed by atoms with Gasteiger partial charge in [0.2, 0.25) is 5.91 Å². The van der Waals surface area contributed by atoms with Crippen LogP contribution in [0.1, 0.15) is 18.9 Å². The maximum Gasteiger partial charge on any atom is 0.222 e. The molecule has 0 fully saturated rings. The van der Waals surface area contributed by atoms with Gasteiger partial charge in [-0.3, -0.25) is 4.79 Å². The summed E-state index contributed by atoms with van der Waals surface area (Å²) >= 11 is 0. The summed E-state index contributed by atoms with van der Waals surface area (Å²) in [5, 5.41) is 0. The van der Waals surface area contributed by atoms with E-state index in [-0.39, 0.29) is 11.8 Å². The highest BCUT2D eigenvalue weighted by atomic mass is 16.2. The first kappa shape index (κ1) is 13.7. The van der Waals surface area contributed by atoms with Crippen molar-refractivity contribution >= 4 is 5.91 Å². The Kier molecular flexibility index (Phi) is 5.70. The van der Waals surface area contributed by atoms with Crippen LogP contribution in [-0.4, -0.2) is 30.9 Å². The van der Waals surface area contributed by atoms with Gasteiger partial charge in [0, 0.05) is 20.0 Å². The molecule has 0 aliphatic rings. The van der Waals surface area contributed by atoms with Gasteiger partial charge < -0.3 is 10.6 Å². The second-order valence-corrected chi connectivity index (χ2v) is 4.60. The zero-order valence-electron chi connectivity index (χ0n) is 10.7. The minimum absolute atomic E-state index is 0.180. The predicted octanol–water partition coefficient (Wildman–Crippen LogP) is 1.67. The third-order valence-corrected chi connectivity index (χ3v) is 2.93. The molecule has 0 saturated carbocycles. The Morgan fingerprint density at radius 1 is 1.35 bits per heavy atom. The van der Waals surface area contributed by atoms with Gasteiger partial charge in [-0.05, 0) is 24.4 Å². The van der Waals surface area contributed by atoms with E-state index in [2.05, 4.69) is 12.1 Å². The fourth-order valence-electron chi connectivity index (χ4n) is 1.60.